The Bertz CT molecular complexity index is 1230. The van der Waals surface area contributed by atoms with Gasteiger partial charge in [0.1, 0.15) is 10.8 Å². The van der Waals surface area contributed by atoms with Crippen molar-refractivity contribution in [1.29, 1.82) is 0 Å². The van der Waals surface area contributed by atoms with Crippen molar-refractivity contribution >= 4 is 33.4 Å². The van der Waals surface area contributed by atoms with E-state index in [2.05, 4.69) is 15.5 Å². The zero-order chi connectivity index (χ0) is 23.4. The molecule has 2 aromatic heterocycles. The minimum absolute atomic E-state index is 0.182. The lowest BCUT2D eigenvalue weighted by Gasteiger charge is -2.26. The summed E-state index contributed by atoms with van der Waals surface area (Å²) in [6.07, 6.45) is 4.41. The molecule has 4 rings (SSSR count). The predicted molar refractivity (Wildman–Crippen MR) is 127 cm³/mol. The van der Waals surface area contributed by atoms with Crippen LogP contribution in [0.5, 0.6) is 0 Å². The first-order valence-corrected chi connectivity index (χ1v) is 13.2. The number of amides is 1. The Balaban J connectivity index is 1.50. The number of aryl methyl sites for hydroxylation is 2. The van der Waals surface area contributed by atoms with Crippen LogP contribution in [-0.4, -0.2) is 41.9 Å². The molecule has 0 aliphatic carbocycles. The van der Waals surface area contributed by atoms with Gasteiger partial charge in [0, 0.05) is 36.3 Å². The fourth-order valence-electron chi connectivity index (χ4n) is 3.71. The van der Waals surface area contributed by atoms with Gasteiger partial charge in [-0.05, 0) is 57.0 Å². The molecule has 0 bridgehead atoms. The molecule has 174 valence electrons. The summed E-state index contributed by atoms with van der Waals surface area (Å²) in [4.78, 5) is 17.6. The van der Waals surface area contributed by atoms with Crippen molar-refractivity contribution in [2.45, 2.75) is 48.8 Å². The first-order valence-electron chi connectivity index (χ1n) is 10.8. The highest BCUT2D eigenvalue weighted by Crippen LogP contribution is 2.28. The number of anilines is 1. The minimum Gasteiger partial charge on any atom is -0.361 e. The predicted octanol–water partition coefficient (Wildman–Crippen LogP) is 4.41. The molecule has 1 aliphatic rings. The normalized spacial score (nSPS) is 14.8. The van der Waals surface area contributed by atoms with E-state index in [0.29, 0.717) is 35.1 Å². The summed E-state index contributed by atoms with van der Waals surface area (Å²) in [6, 6.07) is 9.80. The third-order valence-corrected chi connectivity index (χ3v) is 8.52. The molecule has 0 saturated carbocycles. The van der Waals surface area contributed by atoms with Crippen LogP contribution >= 0.6 is 11.8 Å². The second kappa shape index (κ2) is 10.1. The van der Waals surface area contributed by atoms with Crippen LogP contribution in [0.25, 0.3) is 0 Å². The maximum atomic E-state index is 13.0. The summed E-state index contributed by atoms with van der Waals surface area (Å²) in [6.45, 7) is 4.79. The molecular weight excluding hydrogens is 460 g/mol. The number of nitrogens with zero attached hydrogens (tertiary/aromatic N) is 3. The molecule has 0 atom stereocenters. The molecule has 3 heterocycles. The van der Waals surface area contributed by atoms with Crippen LogP contribution in [0.4, 0.5) is 5.69 Å². The van der Waals surface area contributed by atoms with Crippen LogP contribution in [0.2, 0.25) is 0 Å². The van der Waals surface area contributed by atoms with Crippen molar-refractivity contribution in [2.75, 3.05) is 18.4 Å². The van der Waals surface area contributed by atoms with Gasteiger partial charge in [-0.1, -0.05) is 17.6 Å². The molecule has 0 radical (unpaired) electrons. The van der Waals surface area contributed by atoms with Gasteiger partial charge in [-0.15, -0.1) is 11.8 Å². The molecule has 1 fully saturated rings. The molecule has 1 aliphatic heterocycles. The summed E-state index contributed by atoms with van der Waals surface area (Å²) in [7, 11) is -3.58. The van der Waals surface area contributed by atoms with E-state index in [1.807, 2.05) is 13.8 Å². The number of aromatic nitrogens is 2. The number of benzene rings is 1. The fraction of sp³-hybridized carbons (Fsp3) is 0.348. The SMILES string of the molecule is Cc1noc(C)c1CSc1ncccc1C(=O)Nc1cccc(S(=O)(=O)N2CCCCC2)c1. The highest BCUT2D eigenvalue weighted by Gasteiger charge is 2.26. The van der Waals surface area contributed by atoms with Crippen molar-refractivity contribution in [3.05, 3.63) is 65.2 Å². The van der Waals surface area contributed by atoms with Crippen LogP contribution < -0.4 is 5.32 Å². The summed E-state index contributed by atoms with van der Waals surface area (Å²) in [5.74, 6) is 0.965. The van der Waals surface area contributed by atoms with Crippen LogP contribution in [0.3, 0.4) is 0 Å². The zero-order valence-electron chi connectivity index (χ0n) is 18.6. The highest BCUT2D eigenvalue weighted by molar-refractivity contribution is 7.98. The second-order valence-corrected chi connectivity index (χ2v) is 10.8. The number of pyridine rings is 1. The lowest BCUT2D eigenvalue weighted by molar-refractivity contribution is 0.102. The van der Waals surface area contributed by atoms with Crippen LogP contribution in [0.15, 0.2) is 57.0 Å². The van der Waals surface area contributed by atoms with Crippen molar-refractivity contribution in [3.8, 4) is 0 Å². The van der Waals surface area contributed by atoms with E-state index in [1.54, 1.807) is 36.5 Å². The van der Waals surface area contributed by atoms with Gasteiger partial charge in [0.05, 0.1) is 16.2 Å². The van der Waals surface area contributed by atoms with Gasteiger partial charge >= 0.3 is 0 Å². The Morgan fingerprint density at radius 2 is 1.94 bits per heavy atom. The minimum atomic E-state index is -3.58. The van der Waals surface area contributed by atoms with E-state index in [-0.39, 0.29) is 10.8 Å². The number of carbonyl (C=O) groups is 1. The van der Waals surface area contributed by atoms with Crippen LogP contribution in [0.1, 0.15) is 46.6 Å². The van der Waals surface area contributed by atoms with E-state index >= 15 is 0 Å². The molecule has 8 nitrogen and oxygen atoms in total. The topological polar surface area (TPSA) is 105 Å². The number of piperidine rings is 1. The third-order valence-electron chi connectivity index (χ3n) is 5.59. The van der Waals surface area contributed by atoms with Gasteiger partial charge in [0.15, 0.2) is 0 Å². The molecule has 1 saturated heterocycles. The van der Waals surface area contributed by atoms with Gasteiger partial charge in [-0.2, -0.15) is 4.31 Å². The molecule has 1 amide bonds. The number of rotatable bonds is 7. The van der Waals surface area contributed by atoms with Gasteiger partial charge in [0.25, 0.3) is 5.91 Å². The van der Waals surface area contributed by atoms with Crippen molar-refractivity contribution < 1.29 is 17.7 Å². The Labute approximate surface area is 197 Å². The van der Waals surface area contributed by atoms with E-state index in [9.17, 15) is 13.2 Å². The van der Waals surface area contributed by atoms with Crippen molar-refractivity contribution in [3.63, 3.8) is 0 Å². The number of hydrogen-bond donors (Lipinski definition) is 1. The molecule has 0 spiro atoms. The molecule has 1 aromatic carbocycles. The van der Waals surface area contributed by atoms with Gasteiger partial charge in [-0.3, -0.25) is 4.79 Å². The molecule has 3 aromatic rings. The van der Waals surface area contributed by atoms with Gasteiger partial charge in [-0.25, -0.2) is 13.4 Å². The van der Waals surface area contributed by atoms with E-state index in [1.165, 1.54) is 22.1 Å². The highest BCUT2D eigenvalue weighted by atomic mass is 32.2. The summed E-state index contributed by atoms with van der Waals surface area (Å²) in [5.41, 5.74) is 2.63. The lowest BCUT2D eigenvalue weighted by Crippen LogP contribution is -2.35. The van der Waals surface area contributed by atoms with E-state index in [0.717, 1.165) is 36.3 Å². The smallest absolute Gasteiger partial charge is 0.258 e. The van der Waals surface area contributed by atoms with Crippen LogP contribution in [-0.2, 0) is 15.8 Å². The average Bonchev–Trinajstić information content (AvgIpc) is 3.15. The van der Waals surface area contributed by atoms with Crippen molar-refractivity contribution in [1.82, 2.24) is 14.4 Å². The van der Waals surface area contributed by atoms with Gasteiger partial charge in [0.2, 0.25) is 10.0 Å². The summed E-state index contributed by atoms with van der Waals surface area (Å²) < 4.78 is 32.7. The number of thioether (sulfide) groups is 1. The average molecular weight is 487 g/mol. The fourth-order valence-corrected chi connectivity index (χ4v) is 6.42. The Morgan fingerprint density at radius 1 is 1.15 bits per heavy atom. The number of nitrogens with one attached hydrogen (secondary N) is 1. The standard InChI is InChI=1S/C23H26N4O4S2/c1-16-21(17(2)31-26-16)15-32-23-20(10-7-11-24-23)22(28)25-18-8-6-9-19(14-18)33(29,30)27-12-4-3-5-13-27/h6-11,14H,3-5,12-13,15H2,1-2H3,(H,25,28). The Morgan fingerprint density at radius 3 is 2.67 bits per heavy atom. The third kappa shape index (κ3) is 5.29. The van der Waals surface area contributed by atoms with Crippen LogP contribution in [0, 0.1) is 13.8 Å². The van der Waals surface area contributed by atoms with E-state index in [4.69, 9.17) is 4.52 Å². The quantitative estimate of drug-likeness (QED) is 0.493. The summed E-state index contributed by atoms with van der Waals surface area (Å²) >= 11 is 1.42. The number of carbonyl (C=O) groups excluding carboxylic acids is 1. The monoisotopic (exact) mass is 486 g/mol. The molecule has 1 N–H and O–H groups in total. The maximum absolute atomic E-state index is 13.0. The zero-order valence-corrected chi connectivity index (χ0v) is 20.2. The molecule has 10 heteroatoms. The van der Waals surface area contributed by atoms with Crippen molar-refractivity contribution in [2.24, 2.45) is 0 Å². The molecular formula is C23H26N4O4S2. The first-order chi connectivity index (χ1) is 15.9. The maximum Gasteiger partial charge on any atom is 0.258 e. The Kier molecular flexibility index (Phi) is 7.16. The number of sulfonamides is 1. The largest absolute Gasteiger partial charge is 0.361 e. The summed E-state index contributed by atoms with van der Waals surface area (Å²) in [5, 5.41) is 7.36. The molecule has 0 unspecified atom stereocenters. The molecule has 33 heavy (non-hydrogen) atoms. The van der Waals surface area contributed by atoms with E-state index < -0.39 is 10.0 Å². The second-order valence-electron chi connectivity index (χ2n) is 7.89. The van der Waals surface area contributed by atoms with Gasteiger partial charge < -0.3 is 9.84 Å². The Hall–Kier alpha value is -2.69. The first kappa shape index (κ1) is 23.5. The number of hydrogen-bond acceptors (Lipinski definition) is 7. The lowest BCUT2D eigenvalue weighted by atomic mass is 10.2.